The summed E-state index contributed by atoms with van der Waals surface area (Å²) in [6, 6.07) is 8.92. The molecule has 0 bridgehead atoms. The van der Waals surface area contributed by atoms with Crippen LogP contribution >= 0.6 is 23.2 Å². The number of carbonyl (C=O) groups excluding carboxylic acids is 1. The Kier molecular flexibility index (Phi) is 6.19. The summed E-state index contributed by atoms with van der Waals surface area (Å²) in [6.45, 7) is 6.23. The molecule has 2 aromatic carbocycles. The number of benzene rings is 2. The lowest BCUT2D eigenvalue weighted by Crippen LogP contribution is -2.36. The van der Waals surface area contributed by atoms with Gasteiger partial charge in [0.2, 0.25) is 0 Å². The first-order valence-electron chi connectivity index (χ1n) is 9.06. The second-order valence-electron chi connectivity index (χ2n) is 7.84. The molecule has 1 amide bonds. The molecular formula is C20H20Cl2N4O4. The fraction of sp³-hybridized carbons (Fsp3) is 0.300. The maximum absolute atomic E-state index is 12.4. The smallest absolute Gasteiger partial charge is 0.411 e. The monoisotopic (exact) mass is 450 g/mol. The molecule has 0 spiro atoms. The summed E-state index contributed by atoms with van der Waals surface area (Å²) in [7, 11) is 0. The zero-order valence-electron chi connectivity index (χ0n) is 16.6. The van der Waals surface area contributed by atoms with Gasteiger partial charge >= 0.3 is 6.09 Å². The van der Waals surface area contributed by atoms with Gasteiger partial charge < -0.3 is 9.30 Å². The van der Waals surface area contributed by atoms with Crippen LogP contribution < -0.4 is 5.32 Å². The Labute approximate surface area is 182 Å². The van der Waals surface area contributed by atoms with Crippen molar-refractivity contribution in [3.05, 3.63) is 62.9 Å². The molecule has 0 saturated heterocycles. The van der Waals surface area contributed by atoms with E-state index in [1.54, 1.807) is 18.5 Å². The fourth-order valence-electron chi connectivity index (χ4n) is 2.81. The van der Waals surface area contributed by atoms with E-state index in [0.717, 1.165) is 5.52 Å². The van der Waals surface area contributed by atoms with Crippen LogP contribution in [-0.2, 0) is 11.3 Å². The van der Waals surface area contributed by atoms with Crippen LogP contribution in [0, 0.1) is 15.5 Å². The minimum Gasteiger partial charge on any atom is -0.444 e. The van der Waals surface area contributed by atoms with Crippen molar-refractivity contribution in [1.82, 2.24) is 9.55 Å². The first-order chi connectivity index (χ1) is 14.0. The van der Waals surface area contributed by atoms with Gasteiger partial charge in [-0.1, -0.05) is 44.0 Å². The van der Waals surface area contributed by atoms with Gasteiger partial charge in [0, 0.05) is 23.2 Å². The number of anilines is 1. The van der Waals surface area contributed by atoms with E-state index in [1.807, 2.05) is 25.3 Å². The molecule has 3 aromatic rings. The van der Waals surface area contributed by atoms with Crippen LogP contribution in [0.4, 0.5) is 16.2 Å². The maximum atomic E-state index is 12.4. The Morgan fingerprint density at radius 3 is 2.47 bits per heavy atom. The third-order valence-electron chi connectivity index (χ3n) is 4.57. The minimum atomic E-state index is -0.658. The van der Waals surface area contributed by atoms with E-state index in [4.69, 9.17) is 27.9 Å². The van der Waals surface area contributed by atoms with Gasteiger partial charge in [0.25, 0.3) is 5.69 Å². The number of nitrogens with zero attached hydrogens (tertiary/aromatic N) is 3. The van der Waals surface area contributed by atoms with E-state index in [-0.39, 0.29) is 11.1 Å². The van der Waals surface area contributed by atoms with E-state index >= 15 is 0 Å². The van der Waals surface area contributed by atoms with Crippen LogP contribution in [0.5, 0.6) is 0 Å². The van der Waals surface area contributed by atoms with Crippen molar-refractivity contribution in [1.29, 1.82) is 0 Å². The number of hydrogen-bond acceptors (Lipinski definition) is 5. The van der Waals surface area contributed by atoms with Crippen LogP contribution in [0.2, 0.25) is 10.0 Å². The lowest BCUT2D eigenvalue weighted by Gasteiger charge is -2.30. The molecule has 30 heavy (non-hydrogen) atoms. The summed E-state index contributed by atoms with van der Waals surface area (Å²) in [4.78, 5) is 27.0. The number of amides is 1. The first kappa shape index (κ1) is 21.9. The van der Waals surface area contributed by atoms with Crippen molar-refractivity contribution >= 4 is 51.7 Å². The summed E-state index contributed by atoms with van der Waals surface area (Å²) in [5, 5.41) is 14.2. The predicted molar refractivity (Wildman–Crippen MR) is 116 cm³/mol. The molecular weight excluding hydrogens is 431 g/mol. The SMILES string of the molecule is CC(C)(C)C(Cn1cnc2cc(Cl)c(Cl)cc21)OC(=O)Nc1ccc([N+](=O)[O-])cc1. The van der Waals surface area contributed by atoms with Gasteiger partial charge in [0.15, 0.2) is 0 Å². The molecule has 0 fully saturated rings. The number of ether oxygens (including phenoxy) is 1. The quantitative estimate of drug-likeness (QED) is 0.384. The molecule has 3 rings (SSSR count). The van der Waals surface area contributed by atoms with E-state index in [1.165, 1.54) is 24.3 Å². The highest BCUT2D eigenvalue weighted by Gasteiger charge is 2.29. The van der Waals surface area contributed by atoms with Crippen LogP contribution in [0.1, 0.15) is 20.8 Å². The van der Waals surface area contributed by atoms with E-state index in [0.29, 0.717) is 27.8 Å². The molecule has 1 unspecified atom stereocenters. The number of aromatic nitrogens is 2. The molecule has 1 heterocycles. The number of nitro groups is 1. The zero-order chi connectivity index (χ0) is 22.1. The largest absolute Gasteiger partial charge is 0.444 e. The highest BCUT2D eigenvalue weighted by Crippen LogP contribution is 2.30. The molecule has 158 valence electrons. The molecule has 0 aliphatic heterocycles. The molecule has 0 radical (unpaired) electrons. The highest BCUT2D eigenvalue weighted by atomic mass is 35.5. The molecule has 1 aromatic heterocycles. The van der Waals surface area contributed by atoms with Gasteiger partial charge in [0.1, 0.15) is 6.10 Å². The van der Waals surface area contributed by atoms with Gasteiger partial charge in [-0.2, -0.15) is 0 Å². The van der Waals surface area contributed by atoms with Crippen LogP contribution in [0.25, 0.3) is 11.0 Å². The van der Waals surface area contributed by atoms with Gasteiger partial charge in [-0.05, 0) is 24.3 Å². The summed E-state index contributed by atoms with van der Waals surface area (Å²) >= 11 is 12.2. The number of nitrogens with one attached hydrogen (secondary N) is 1. The van der Waals surface area contributed by atoms with Crippen molar-refractivity contribution in [3.63, 3.8) is 0 Å². The number of hydrogen-bond donors (Lipinski definition) is 1. The van der Waals surface area contributed by atoms with Gasteiger partial charge in [-0.3, -0.25) is 15.4 Å². The fourth-order valence-corrected chi connectivity index (χ4v) is 3.12. The normalized spacial score (nSPS) is 12.6. The second kappa shape index (κ2) is 8.49. The van der Waals surface area contributed by atoms with Crippen LogP contribution in [0.3, 0.4) is 0 Å². The Bertz CT molecular complexity index is 1090. The molecule has 1 atom stereocenters. The van der Waals surface area contributed by atoms with E-state index in [9.17, 15) is 14.9 Å². The van der Waals surface area contributed by atoms with Crippen LogP contribution in [-0.4, -0.2) is 26.7 Å². The van der Waals surface area contributed by atoms with Gasteiger partial charge in [-0.15, -0.1) is 0 Å². The molecule has 1 N–H and O–H groups in total. The topological polar surface area (TPSA) is 99.3 Å². The Balaban J connectivity index is 1.76. The second-order valence-corrected chi connectivity index (χ2v) is 8.66. The Morgan fingerprint density at radius 1 is 1.23 bits per heavy atom. The first-order valence-corrected chi connectivity index (χ1v) is 9.82. The lowest BCUT2D eigenvalue weighted by atomic mass is 9.89. The van der Waals surface area contributed by atoms with Gasteiger partial charge in [-0.25, -0.2) is 9.78 Å². The maximum Gasteiger partial charge on any atom is 0.411 e. The van der Waals surface area contributed by atoms with Gasteiger partial charge in [0.05, 0.1) is 38.9 Å². The molecule has 0 saturated carbocycles. The summed E-state index contributed by atoms with van der Waals surface area (Å²) in [5.41, 5.74) is 1.42. The third-order valence-corrected chi connectivity index (χ3v) is 5.29. The molecule has 10 heteroatoms. The summed E-state index contributed by atoms with van der Waals surface area (Å²) < 4.78 is 7.53. The average Bonchev–Trinajstić information content (AvgIpc) is 3.03. The van der Waals surface area contributed by atoms with Crippen molar-refractivity contribution in [2.45, 2.75) is 33.4 Å². The number of rotatable bonds is 5. The Hall–Kier alpha value is -2.84. The van der Waals surface area contributed by atoms with E-state index in [2.05, 4.69) is 10.3 Å². The lowest BCUT2D eigenvalue weighted by molar-refractivity contribution is -0.384. The number of non-ortho nitro benzene ring substituents is 1. The summed E-state index contributed by atoms with van der Waals surface area (Å²) in [6.07, 6.45) is 0.491. The molecule has 8 nitrogen and oxygen atoms in total. The molecule has 0 aliphatic rings. The number of fused-ring (bicyclic) bond motifs is 1. The molecule has 0 aliphatic carbocycles. The summed E-state index contributed by atoms with van der Waals surface area (Å²) in [5.74, 6) is 0. The number of halogens is 2. The van der Waals surface area contributed by atoms with Crippen molar-refractivity contribution in [2.75, 3.05) is 5.32 Å². The van der Waals surface area contributed by atoms with Crippen LogP contribution in [0.15, 0.2) is 42.7 Å². The minimum absolute atomic E-state index is 0.0627. The van der Waals surface area contributed by atoms with Crippen molar-refractivity contribution < 1.29 is 14.5 Å². The Morgan fingerprint density at radius 2 is 1.87 bits per heavy atom. The standard InChI is InChI=1S/C20H20Cl2N4O4/c1-20(2,3)18(10-25-11-23-16-8-14(21)15(22)9-17(16)25)30-19(27)24-12-4-6-13(7-5-12)26(28)29/h4-9,11,18H,10H2,1-3H3,(H,24,27). The highest BCUT2D eigenvalue weighted by molar-refractivity contribution is 6.42. The average molecular weight is 451 g/mol. The number of carbonyl (C=O) groups is 1. The third kappa shape index (κ3) is 5.01. The zero-order valence-corrected chi connectivity index (χ0v) is 18.1. The number of nitro benzene ring substituents is 1. The number of imidazole rings is 1. The van der Waals surface area contributed by atoms with Crippen molar-refractivity contribution in [2.24, 2.45) is 5.41 Å². The predicted octanol–water partition coefficient (Wildman–Crippen LogP) is 5.91. The van der Waals surface area contributed by atoms with Crippen molar-refractivity contribution in [3.8, 4) is 0 Å². The van der Waals surface area contributed by atoms with E-state index < -0.39 is 17.1 Å².